The fraction of sp³-hybridized carbons (Fsp3) is 0.462. The van der Waals surface area contributed by atoms with E-state index in [2.05, 4.69) is 31.4 Å². The summed E-state index contributed by atoms with van der Waals surface area (Å²) < 4.78 is 32.6. The SMILES string of the molecule is CC(=O)N[C@@H](Cc1cc(F)cc(F)c1)[C@H](O)CNC1CC(=O)Oc2ccc(CC(C)(C)C)cc21. The molecule has 0 radical (unpaired) electrons. The maximum absolute atomic E-state index is 13.6. The molecule has 1 amide bonds. The van der Waals surface area contributed by atoms with Gasteiger partial charge in [-0.3, -0.25) is 9.59 Å². The van der Waals surface area contributed by atoms with E-state index >= 15 is 0 Å². The van der Waals surface area contributed by atoms with Gasteiger partial charge >= 0.3 is 5.97 Å². The molecule has 8 heteroatoms. The monoisotopic (exact) mass is 474 g/mol. The summed E-state index contributed by atoms with van der Waals surface area (Å²) in [6.07, 6.45) is -0.0954. The number of hydrogen-bond acceptors (Lipinski definition) is 5. The highest BCUT2D eigenvalue weighted by Gasteiger charge is 2.29. The lowest BCUT2D eigenvalue weighted by atomic mass is 9.86. The summed E-state index contributed by atoms with van der Waals surface area (Å²) in [7, 11) is 0. The van der Waals surface area contributed by atoms with Gasteiger partial charge < -0.3 is 20.5 Å². The fourth-order valence-corrected chi connectivity index (χ4v) is 4.24. The highest BCUT2D eigenvalue weighted by atomic mass is 19.1. The van der Waals surface area contributed by atoms with Crippen LogP contribution in [0, 0.1) is 17.0 Å². The van der Waals surface area contributed by atoms with Crippen molar-refractivity contribution in [3.63, 3.8) is 0 Å². The third kappa shape index (κ3) is 7.33. The lowest BCUT2D eigenvalue weighted by Crippen LogP contribution is -2.49. The predicted molar refractivity (Wildman–Crippen MR) is 124 cm³/mol. The molecule has 0 saturated heterocycles. The molecule has 1 aliphatic rings. The van der Waals surface area contributed by atoms with E-state index in [9.17, 15) is 23.5 Å². The first-order valence-corrected chi connectivity index (χ1v) is 11.4. The van der Waals surface area contributed by atoms with Crippen molar-refractivity contribution in [2.45, 2.75) is 65.1 Å². The number of hydrogen-bond donors (Lipinski definition) is 3. The second-order valence-electron chi connectivity index (χ2n) is 10.1. The summed E-state index contributed by atoms with van der Waals surface area (Å²) in [4.78, 5) is 23.8. The first-order valence-electron chi connectivity index (χ1n) is 11.4. The Morgan fingerprint density at radius 2 is 1.82 bits per heavy atom. The number of benzene rings is 2. The van der Waals surface area contributed by atoms with Gasteiger partial charge in [-0.05, 0) is 47.6 Å². The fourth-order valence-electron chi connectivity index (χ4n) is 4.24. The number of carbonyl (C=O) groups excluding carboxylic acids is 2. The zero-order valence-corrected chi connectivity index (χ0v) is 20.0. The van der Waals surface area contributed by atoms with Crippen LogP contribution in [0.2, 0.25) is 0 Å². The zero-order valence-electron chi connectivity index (χ0n) is 20.0. The molecule has 1 unspecified atom stereocenters. The molecule has 3 N–H and O–H groups in total. The van der Waals surface area contributed by atoms with E-state index < -0.39 is 23.8 Å². The Balaban J connectivity index is 1.74. The number of aliphatic hydroxyl groups is 1. The molecular weight excluding hydrogens is 442 g/mol. The minimum atomic E-state index is -1.07. The highest BCUT2D eigenvalue weighted by Crippen LogP contribution is 2.35. The van der Waals surface area contributed by atoms with Gasteiger partial charge in [0.2, 0.25) is 5.91 Å². The third-order valence-electron chi connectivity index (χ3n) is 5.58. The molecule has 3 rings (SSSR count). The van der Waals surface area contributed by atoms with E-state index in [0.29, 0.717) is 11.3 Å². The van der Waals surface area contributed by atoms with E-state index in [1.807, 2.05) is 12.1 Å². The van der Waals surface area contributed by atoms with Crippen molar-refractivity contribution in [3.05, 3.63) is 64.7 Å². The standard InChI is InChI=1S/C26H32F2N2O4/c1-15(31)30-22(10-17-7-18(27)11-19(28)8-17)23(32)14-29-21-12-25(33)34-24-6-5-16(9-20(21)24)13-26(2,3)4/h5-9,11,21-23,29,32H,10,12-14H2,1-4H3,(H,30,31)/t21?,22-,23+/m0/s1. The smallest absolute Gasteiger partial charge is 0.313 e. The van der Waals surface area contributed by atoms with Crippen LogP contribution in [0.5, 0.6) is 5.75 Å². The molecule has 0 fully saturated rings. The molecule has 0 aromatic heterocycles. The van der Waals surface area contributed by atoms with Crippen molar-refractivity contribution in [2.75, 3.05) is 6.54 Å². The van der Waals surface area contributed by atoms with Crippen molar-refractivity contribution < 1.29 is 28.2 Å². The molecule has 2 aromatic rings. The molecule has 0 aliphatic carbocycles. The van der Waals surface area contributed by atoms with E-state index in [1.165, 1.54) is 19.1 Å². The molecule has 0 saturated carbocycles. The number of rotatable bonds is 8. The second kappa shape index (κ2) is 10.6. The normalized spacial score (nSPS) is 17.5. The number of fused-ring (bicyclic) bond motifs is 1. The van der Waals surface area contributed by atoms with Gasteiger partial charge in [0.25, 0.3) is 0 Å². The minimum absolute atomic E-state index is 0.0378. The van der Waals surface area contributed by atoms with Gasteiger partial charge in [-0.15, -0.1) is 0 Å². The second-order valence-corrected chi connectivity index (χ2v) is 10.1. The van der Waals surface area contributed by atoms with Gasteiger partial charge in [-0.1, -0.05) is 32.9 Å². The average molecular weight is 475 g/mol. The summed E-state index contributed by atoms with van der Waals surface area (Å²) in [6, 6.07) is 7.69. The van der Waals surface area contributed by atoms with Crippen LogP contribution in [-0.2, 0) is 22.4 Å². The Bertz CT molecular complexity index is 1030. The molecule has 2 aromatic carbocycles. The van der Waals surface area contributed by atoms with Gasteiger partial charge in [0.15, 0.2) is 0 Å². The largest absolute Gasteiger partial charge is 0.426 e. The van der Waals surface area contributed by atoms with E-state index in [4.69, 9.17) is 4.74 Å². The van der Waals surface area contributed by atoms with Gasteiger partial charge in [-0.2, -0.15) is 0 Å². The molecule has 0 spiro atoms. The Morgan fingerprint density at radius 1 is 1.15 bits per heavy atom. The quantitative estimate of drug-likeness (QED) is 0.402. The van der Waals surface area contributed by atoms with Crippen LogP contribution in [-0.4, -0.2) is 35.7 Å². The number of esters is 1. The summed E-state index contributed by atoms with van der Waals surface area (Å²) in [5.41, 5.74) is 2.34. The lowest BCUT2D eigenvalue weighted by molar-refractivity contribution is -0.136. The predicted octanol–water partition coefficient (Wildman–Crippen LogP) is 3.60. The molecule has 3 atom stereocenters. The number of aliphatic hydroxyl groups excluding tert-OH is 1. The molecule has 34 heavy (non-hydrogen) atoms. The average Bonchev–Trinajstić information content (AvgIpc) is 2.69. The number of halogens is 2. The van der Waals surface area contributed by atoms with Crippen LogP contribution >= 0.6 is 0 Å². The van der Waals surface area contributed by atoms with Gasteiger partial charge in [0.1, 0.15) is 17.4 Å². The summed E-state index contributed by atoms with van der Waals surface area (Å²) >= 11 is 0. The Morgan fingerprint density at radius 3 is 2.44 bits per heavy atom. The minimum Gasteiger partial charge on any atom is -0.426 e. The van der Waals surface area contributed by atoms with E-state index in [0.717, 1.165) is 23.6 Å². The van der Waals surface area contributed by atoms with Crippen molar-refractivity contribution in [3.8, 4) is 5.75 Å². The van der Waals surface area contributed by atoms with Crippen LogP contribution in [0.4, 0.5) is 8.78 Å². The first kappa shape index (κ1) is 25.8. The maximum atomic E-state index is 13.6. The number of amides is 1. The summed E-state index contributed by atoms with van der Waals surface area (Å²) in [6.45, 7) is 7.79. The van der Waals surface area contributed by atoms with Crippen molar-refractivity contribution in [1.82, 2.24) is 10.6 Å². The Kier molecular flexibility index (Phi) is 8.05. The van der Waals surface area contributed by atoms with Gasteiger partial charge in [0.05, 0.1) is 18.6 Å². The highest BCUT2D eigenvalue weighted by molar-refractivity contribution is 5.76. The first-order chi connectivity index (χ1) is 15.9. The Labute approximate surface area is 198 Å². The van der Waals surface area contributed by atoms with E-state index in [-0.39, 0.29) is 42.7 Å². The maximum Gasteiger partial charge on any atom is 0.313 e. The van der Waals surface area contributed by atoms with Gasteiger partial charge in [0, 0.05) is 31.1 Å². The van der Waals surface area contributed by atoms with Crippen molar-refractivity contribution in [1.29, 1.82) is 0 Å². The zero-order chi connectivity index (χ0) is 25.0. The van der Waals surface area contributed by atoms with Crippen LogP contribution in [0.3, 0.4) is 0 Å². The van der Waals surface area contributed by atoms with Crippen LogP contribution < -0.4 is 15.4 Å². The molecule has 184 valence electrons. The van der Waals surface area contributed by atoms with Gasteiger partial charge in [-0.25, -0.2) is 8.78 Å². The molecule has 1 heterocycles. The van der Waals surface area contributed by atoms with Crippen LogP contribution in [0.25, 0.3) is 0 Å². The van der Waals surface area contributed by atoms with Crippen molar-refractivity contribution in [2.24, 2.45) is 5.41 Å². The van der Waals surface area contributed by atoms with Crippen LogP contribution in [0.1, 0.15) is 56.8 Å². The van der Waals surface area contributed by atoms with Crippen molar-refractivity contribution >= 4 is 11.9 Å². The lowest BCUT2D eigenvalue weighted by Gasteiger charge is -2.30. The Hall–Kier alpha value is -2.84. The summed E-state index contributed by atoms with van der Waals surface area (Å²) in [5.74, 6) is -1.73. The van der Waals surface area contributed by atoms with Crippen LogP contribution in [0.15, 0.2) is 36.4 Å². The molecule has 6 nitrogen and oxygen atoms in total. The number of carbonyl (C=O) groups is 2. The topological polar surface area (TPSA) is 87.7 Å². The number of ether oxygens (including phenoxy) is 1. The molecule has 1 aliphatic heterocycles. The van der Waals surface area contributed by atoms with E-state index in [1.54, 1.807) is 6.07 Å². The molecular formula is C26H32F2N2O4. The third-order valence-corrected chi connectivity index (χ3v) is 5.58. The number of nitrogens with one attached hydrogen (secondary N) is 2. The molecule has 0 bridgehead atoms. The summed E-state index contributed by atoms with van der Waals surface area (Å²) in [5, 5.41) is 16.7.